The lowest BCUT2D eigenvalue weighted by molar-refractivity contribution is -0.161. The van der Waals surface area contributed by atoms with Gasteiger partial charge in [-0.25, -0.2) is 4.57 Å². The molecule has 80 heavy (non-hydrogen) atoms. The van der Waals surface area contributed by atoms with Crippen LogP contribution >= 0.6 is 7.82 Å². The third-order valence-electron chi connectivity index (χ3n) is 12.5. The average Bonchev–Trinajstić information content (AvgIpc) is 3.45. The zero-order chi connectivity index (χ0) is 58.3. The first-order valence-corrected chi connectivity index (χ1v) is 32.6. The summed E-state index contributed by atoms with van der Waals surface area (Å²) >= 11 is 0. The van der Waals surface area contributed by atoms with Crippen molar-refractivity contribution in [3.63, 3.8) is 0 Å². The van der Waals surface area contributed by atoms with Crippen molar-refractivity contribution in [3.8, 4) is 0 Å². The van der Waals surface area contributed by atoms with Gasteiger partial charge < -0.3 is 24.2 Å². The summed E-state index contributed by atoms with van der Waals surface area (Å²) in [6.45, 7) is 4.33. The number of hydrogen-bond acceptors (Lipinski definition) is 10. The molecule has 0 saturated heterocycles. The van der Waals surface area contributed by atoms with Gasteiger partial charge in [-0.15, -0.1) is 0 Å². The number of phosphoric acid groups is 1. The molecular formula is C68H111O11P. The van der Waals surface area contributed by atoms with Crippen LogP contribution in [-0.2, 0) is 42.2 Å². The largest absolute Gasteiger partial charge is 0.472 e. The highest BCUT2D eigenvalue weighted by molar-refractivity contribution is 7.47. The summed E-state index contributed by atoms with van der Waals surface area (Å²) in [6, 6.07) is 0. The van der Waals surface area contributed by atoms with Crippen LogP contribution in [0.2, 0.25) is 0 Å². The zero-order valence-electron chi connectivity index (χ0n) is 50.2. The Labute approximate surface area is 487 Å². The van der Waals surface area contributed by atoms with Crippen molar-refractivity contribution in [2.24, 2.45) is 0 Å². The number of carbonyl (C=O) groups excluding carboxylic acids is 3. The Kier molecular flexibility index (Phi) is 57.4. The smallest absolute Gasteiger partial charge is 0.462 e. The molecule has 3 atom stereocenters. The second kappa shape index (κ2) is 60.7. The molecule has 0 aromatic heterocycles. The van der Waals surface area contributed by atoms with E-state index in [0.29, 0.717) is 19.3 Å². The molecule has 0 aliphatic heterocycles. The first-order valence-electron chi connectivity index (χ1n) is 31.1. The number of carbonyl (C=O) groups is 3. The molecular weight excluding hydrogens is 1020 g/mol. The van der Waals surface area contributed by atoms with Crippen molar-refractivity contribution < 1.29 is 52.2 Å². The zero-order valence-corrected chi connectivity index (χ0v) is 51.1. The third kappa shape index (κ3) is 58.3. The number of rotatable bonds is 56. The summed E-state index contributed by atoms with van der Waals surface area (Å²) in [6.07, 6.45) is 76.9. The maximum atomic E-state index is 12.9. The SMILES string of the molecule is CC/C=C\C/C=C\C/C=C\C/C=C\C/C=C\CCCCCC(=O)OCC(COP(=O)(O)OCC(CO)OC(=O)CCCCCCC/C=C\CCCCCCCC)OC(=O)CCCCC/C=C\C/C=C\C/C=C\C/C=C\C/C=C\CC. The van der Waals surface area contributed by atoms with Crippen LogP contribution in [0.3, 0.4) is 0 Å². The molecule has 0 rings (SSSR count). The van der Waals surface area contributed by atoms with Gasteiger partial charge in [-0.1, -0.05) is 219 Å². The Bertz CT molecular complexity index is 1850. The van der Waals surface area contributed by atoms with Crippen LogP contribution < -0.4 is 0 Å². The fourth-order valence-corrected chi connectivity index (χ4v) is 8.66. The predicted molar refractivity (Wildman–Crippen MR) is 334 cm³/mol. The molecule has 0 aromatic rings. The molecule has 0 fully saturated rings. The van der Waals surface area contributed by atoms with Crippen molar-refractivity contribution in [2.75, 3.05) is 26.4 Å². The topological polar surface area (TPSA) is 155 Å². The molecule has 454 valence electrons. The van der Waals surface area contributed by atoms with E-state index in [1.54, 1.807) is 0 Å². The Morgan fingerprint density at radius 3 is 1.02 bits per heavy atom. The van der Waals surface area contributed by atoms with Gasteiger partial charge in [-0.05, 0) is 135 Å². The van der Waals surface area contributed by atoms with Crippen molar-refractivity contribution in [1.29, 1.82) is 0 Å². The van der Waals surface area contributed by atoms with Crippen LogP contribution in [0, 0.1) is 0 Å². The molecule has 0 bridgehead atoms. The molecule has 12 heteroatoms. The summed E-state index contributed by atoms with van der Waals surface area (Å²) in [5, 5.41) is 9.84. The lowest BCUT2D eigenvalue weighted by Crippen LogP contribution is -2.30. The van der Waals surface area contributed by atoms with Crippen LogP contribution in [0.25, 0.3) is 0 Å². The van der Waals surface area contributed by atoms with Crippen molar-refractivity contribution >= 4 is 25.7 Å². The standard InChI is InChI=1S/C68H111O11P/c1-4-7-10-13-16-19-22-25-28-30-32-34-37-39-42-45-48-51-54-57-66(70)75-61-65(79-68(72)59-56-53-50-47-44-41-38-35-33-31-29-26-23-20-17-14-11-8-5-2)63-77-80(73,74)76-62-64(60-69)78-67(71)58-55-52-49-46-43-40-36-27-24-21-18-15-12-9-6-3/h7-8,10-11,16-17,19-20,25-29,32-36,39,41-42,44,64-65,69H,4-6,9,12-15,18,21-24,30-31,37-38,40,43,45-63H2,1-3H3,(H,73,74)/b10-7-,11-8-,19-16-,20-17-,28-25-,29-26-,34-32-,35-33-,36-27-,42-39-,44-41-. The number of unbranched alkanes of at least 4 members (excludes halogenated alkanes) is 17. The fraction of sp³-hybridized carbons (Fsp3) is 0.632. The van der Waals surface area contributed by atoms with Crippen LogP contribution in [0.4, 0.5) is 0 Å². The molecule has 11 nitrogen and oxygen atoms in total. The highest BCUT2D eigenvalue weighted by atomic mass is 31.2. The second-order valence-electron chi connectivity index (χ2n) is 20.1. The van der Waals surface area contributed by atoms with Gasteiger partial charge >= 0.3 is 25.7 Å². The van der Waals surface area contributed by atoms with Crippen molar-refractivity contribution in [2.45, 2.75) is 251 Å². The normalized spacial score (nSPS) is 14.2. The molecule has 3 unspecified atom stereocenters. The maximum absolute atomic E-state index is 12.9. The van der Waals surface area contributed by atoms with Gasteiger partial charge in [0, 0.05) is 19.3 Å². The minimum atomic E-state index is -4.78. The Hall–Kier alpha value is -4.38. The third-order valence-corrected chi connectivity index (χ3v) is 13.5. The van der Waals surface area contributed by atoms with E-state index in [4.69, 9.17) is 23.3 Å². The number of hydrogen-bond donors (Lipinski definition) is 2. The number of esters is 3. The lowest BCUT2D eigenvalue weighted by atomic mass is 10.1. The molecule has 0 radical (unpaired) electrons. The molecule has 0 amide bonds. The van der Waals surface area contributed by atoms with E-state index in [-0.39, 0.29) is 25.9 Å². The molecule has 0 aromatic carbocycles. The quantitative estimate of drug-likeness (QED) is 0.0197. The maximum Gasteiger partial charge on any atom is 0.472 e. The number of aliphatic hydroxyl groups is 1. The number of aliphatic hydroxyl groups excluding tert-OH is 1. The van der Waals surface area contributed by atoms with E-state index in [2.05, 4.69) is 154 Å². The Morgan fingerprint density at radius 2 is 0.650 bits per heavy atom. The predicted octanol–water partition coefficient (Wildman–Crippen LogP) is 18.9. The van der Waals surface area contributed by atoms with E-state index in [0.717, 1.165) is 141 Å². The number of allylic oxidation sites excluding steroid dienone is 22. The van der Waals surface area contributed by atoms with Crippen LogP contribution in [0.5, 0.6) is 0 Å². The monoisotopic (exact) mass is 1130 g/mol. The van der Waals surface area contributed by atoms with Crippen LogP contribution in [0.15, 0.2) is 134 Å². The van der Waals surface area contributed by atoms with Gasteiger partial charge in [0.2, 0.25) is 0 Å². The second-order valence-corrected chi connectivity index (χ2v) is 21.6. The molecule has 2 N–H and O–H groups in total. The van der Waals surface area contributed by atoms with Crippen molar-refractivity contribution in [1.82, 2.24) is 0 Å². The lowest BCUT2D eigenvalue weighted by Gasteiger charge is -2.21. The average molecular weight is 1140 g/mol. The first kappa shape index (κ1) is 75.6. The van der Waals surface area contributed by atoms with E-state index in [1.807, 2.05) is 0 Å². The first-order chi connectivity index (χ1) is 39.2. The van der Waals surface area contributed by atoms with Gasteiger partial charge in [0.15, 0.2) is 6.10 Å². The van der Waals surface area contributed by atoms with E-state index in [1.165, 1.54) is 38.5 Å². The summed E-state index contributed by atoms with van der Waals surface area (Å²) in [5.74, 6) is -1.56. The minimum Gasteiger partial charge on any atom is -0.462 e. The highest BCUT2D eigenvalue weighted by Gasteiger charge is 2.28. The van der Waals surface area contributed by atoms with Crippen molar-refractivity contribution in [3.05, 3.63) is 134 Å². The fourth-order valence-electron chi connectivity index (χ4n) is 7.87. The summed E-state index contributed by atoms with van der Waals surface area (Å²) in [7, 11) is -4.78. The van der Waals surface area contributed by atoms with E-state index >= 15 is 0 Å². The molecule has 0 aliphatic rings. The number of phosphoric ester groups is 1. The summed E-state index contributed by atoms with van der Waals surface area (Å²) < 4.78 is 39.6. The van der Waals surface area contributed by atoms with Gasteiger partial charge in [0.05, 0.1) is 19.8 Å². The molecule has 0 spiro atoms. The Balaban J connectivity index is 4.86. The van der Waals surface area contributed by atoms with Crippen LogP contribution in [-0.4, -0.2) is 66.5 Å². The summed E-state index contributed by atoms with van der Waals surface area (Å²) in [5.41, 5.74) is 0. The van der Waals surface area contributed by atoms with Crippen LogP contribution in [0.1, 0.15) is 239 Å². The summed E-state index contributed by atoms with van der Waals surface area (Å²) in [4.78, 5) is 48.7. The molecule has 0 saturated carbocycles. The van der Waals surface area contributed by atoms with Gasteiger partial charge in [-0.3, -0.25) is 23.4 Å². The highest BCUT2D eigenvalue weighted by Crippen LogP contribution is 2.43. The van der Waals surface area contributed by atoms with Gasteiger partial charge in [-0.2, -0.15) is 0 Å². The van der Waals surface area contributed by atoms with Gasteiger partial charge in [0.1, 0.15) is 12.7 Å². The van der Waals surface area contributed by atoms with Gasteiger partial charge in [0.25, 0.3) is 0 Å². The van der Waals surface area contributed by atoms with E-state index < -0.39 is 57.8 Å². The minimum absolute atomic E-state index is 0.113. The van der Waals surface area contributed by atoms with E-state index in [9.17, 15) is 28.9 Å². The molecule has 0 aliphatic carbocycles. The number of ether oxygens (including phenoxy) is 3. The Morgan fingerprint density at radius 1 is 0.362 bits per heavy atom. The molecule has 0 heterocycles.